The first kappa shape index (κ1) is 12.8. The summed E-state index contributed by atoms with van der Waals surface area (Å²) < 4.78 is 13.1. The third-order valence-electron chi connectivity index (χ3n) is 3.81. The van der Waals surface area contributed by atoms with Gasteiger partial charge in [0.05, 0.1) is 5.02 Å². The van der Waals surface area contributed by atoms with Crippen molar-refractivity contribution < 1.29 is 4.39 Å². The van der Waals surface area contributed by atoms with Crippen LogP contribution in [0.1, 0.15) is 38.2 Å². The fraction of sp³-hybridized carbons (Fsp3) is 0.571. The molecule has 0 bridgehead atoms. The summed E-state index contributed by atoms with van der Waals surface area (Å²) in [6, 6.07) is 4.91. The second-order valence-electron chi connectivity index (χ2n) is 5.47. The zero-order valence-electron chi connectivity index (χ0n) is 10.2. The minimum Gasteiger partial charge on any atom is -0.325 e. The first-order valence-electron chi connectivity index (χ1n) is 6.21. The van der Waals surface area contributed by atoms with Crippen LogP contribution in [0, 0.1) is 11.7 Å². The SMILES string of the molecule is CC1CCC(N)(Cc2ccc(F)c(Cl)c2)CC1. The zero-order chi connectivity index (χ0) is 12.5. The van der Waals surface area contributed by atoms with E-state index in [1.54, 1.807) is 12.1 Å². The van der Waals surface area contributed by atoms with E-state index < -0.39 is 0 Å². The van der Waals surface area contributed by atoms with Gasteiger partial charge in [0.1, 0.15) is 5.82 Å². The van der Waals surface area contributed by atoms with Gasteiger partial charge in [-0.15, -0.1) is 0 Å². The molecule has 17 heavy (non-hydrogen) atoms. The minimum absolute atomic E-state index is 0.131. The first-order valence-corrected chi connectivity index (χ1v) is 6.59. The van der Waals surface area contributed by atoms with E-state index in [1.807, 2.05) is 0 Å². The van der Waals surface area contributed by atoms with E-state index in [0.29, 0.717) is 0 Å². The number of benzene rings is 1. The normalized spacial score (nSPS) is 29.3. The topological polar surface area (TPSA) is 26.0 Å². The van der Waals surface area contributed by atoms with Crippen LogP contribution < -0.4 is 5.73 Å². The molecule has 0 saturated heterocycles. The summed E-state index contributed by atoms with van der Waals surface area (Å²) in [5.41, 5.74) is 7.31. The molecular formula is C14H19ClFN. The lowest BCUT2D eigenvalue weighted by molar-refractivity contribution is 0.243. The molecule has 0 aromatic heterocycles. The molecule has 3 heteroatoms. The molecule has 0 heterocycles. The van der Waals surface area contributed by atoms with Crippen molar-refractivity contribution in [2.24, 2.45) is 11.7 Å². The lowest BCUT2D eigenvalue weighted by atomic mass is 9.75. The van der Waals surface area contributed by atoms with Crippen LogP contribution in [0.3, 0.4) is 0 Å². The average Bonchev–Trinajstić information content (AvgIpc) is 2.28. The Labute approximate surface area is 107 Å². The standard InChI is InChI=1S/C14H19ClFN/c1-10-4-6-14(17,7-5-10)9-11-2-3-13(16)12(15)8-11/h2-3,8,10H,4-7,9,17H2,1H3. The van der Waals surface area contributed by atoms with Gasteiger partial charge in [0.2, 0.25) is 0 Å². The van der Waals surface area contributed by atoms with Gasteiger partial charge in [0, 0.05) is 5.54 Å². The predicted molar refractivity (Wildman–Crippen MR) is 69.7 cm³/mol. The molecule has 1 aliphatic rings. The van der Waals surface area contributed by atoms with Crippen LogP contribution in [0.4, 0.5) is 4.39 Å². The fourth-order valence-electron chi connectivity index (χ4n) is 2.57. The van der Waals surface area contributed by atoms with Gasteiger partial charge in [-0.25, -0.2) is 4.39 Å². The maximum Gasteiger partial charge on any atom is 0.141 e. The largest absolute Gasteiger partial charge is 0.325 e. The summed E-state index contributed by atoms with van der Waals surface area (Å²) >= 11 is 5.78. The van der Waals surface area contributed by atoms with Crippen molar-refractivity contribution >= 4 is 11.6 Å². The van der Waals surface area contributed by atoms with Crippen LogP contribution in [-0.4, -0.2) is 5.54 Å². The molecule has 1 aromatic carbocycles. The third-order valence-corrected chi connectivity index (χ3v) is 4.10. The Balaban J connectivity index is 2.07. The maximum atomic E-state index is 13.1. The molecule has 1 aromatic rings. The number of nitrogens with two attached hydrogens (primary N) is 1. The van der Waals surface area contributed by atoms with Crippen LogP contribution in [0.2, 0.25) is 5.02 Å². The number of hydrogen-bond acceptors (Lipinski definition) is 1. The smallest absolute Gasteiger partial charge is 0.141 e. The molecule has 0 spiro atoms. The molecule has 0 amide bonds. The Hall–Kier alpha value is -0.600. The highest BCUT2D eigenvalue weighted by Gasteiger charge is 2.30. The van der Waals surface area contributed by atoms with Crippen molar-refractivity contribution in [3.8, 4) is 0 Å². The molecular weight excluding hydrogens is 237 g/mol. The molecule has 94 valence electrons. The van der Waals surface area contributed by atoms with Crippen molar-refractivity contribution in [3.63, 3.8) is 0 Å². The highest BCUT2D eigenvalue weighted by molar-refractivity contribution is 6.30. The minimum atomic E-state index is -0.362. The molecule has 0 unspecified atom stereocenters. The van der Waals surface area contributed by atoms with Gasteiger partial charge < -0.3 is 5.73 Å². The van der Waals surface area contributed by atoms with Crippen LogP contribution in [0.15, 0.2) is 18.2 Å². The quantitative estimate of drug-likeness (QED) is 0.851. The maximum absolute atomic E-state index is 13.1. The van der Waals surface area contributed by atoms with E-state index in [0.717, 1.165) is 30.7 Å². The Morgan fingerprint density at radius 1 is 1.41 bits per heavy atom. The lowest BCUT2D eigenvalue weighted by Gasteiger charge is -2.36. The Bertz CT molecular complexity index is 397. The molecule has 0 aliphatic heterocycles. The summed E-state index contributed by atoms with van der Waals surface area (Å²) in [7, 11) is 0. The van der Waals surface area contributed by atoms with Crippen LogP contribution in [0.25, 0.3) is 0 Å². The predicted octanol–water partition coefficient (Wildman–Crippen LogP) is 3.93. The van der Waals surface area contributed by atoms with Gasteiger partial charge >= 0.3 is 0 Å². The van der Waals surface area contributed by atoms with Crippen LogP contribution >= 0.6 is 11.6 Å². The van der Waals surface area contributed by atoms with E-state index in [4.69, 9.17) is 17.3 Å². The van der Waals surface area contributed by atoms with Crippen molar-refractivity contribution in [1.82, 2.24) is 0 Å². The summed E-state index contributed by atoms with van der Waals surface area (Å²) in [5, 5.41) is 0.190. The number of halogens is 2. The van der Waals surface area contributed by atoms with Crippen LogP contribution in [0.5, 0.6) is 0 Å². The zero-order valence-corrected chi connectivity index (χ0v) is 10.9. The molecule has 1 fully saturated rings. The molecule has 1 aliphatic carbocycles. The van der Waals surface area contributed by atoms with E-state index >= 15 is 0 Å². The monoisotopic (exact) mass is 255 g/mol. The van der Waals surface area contributed by atoms with Gasteiger partial charge in [-0.1, -0.05) is 24.6 Å². The van der Waals surface area contributed by atoms with Crippen molar-refractivity contribution in [2.45, 2.75) is 44.6 Å². The number of hydrogen-bond donors (Lipinski definition) is 1. The Morgan fingerprint density at radius 3 is 2.65 bits per heavy atom. The van der Waals surface area contributed by atoms with Crippen molar-refractivity contribution in [1.29, 1.82) is 0 Å². The molecule has 2 N–H and O–H groups in total. The number of rotatable bonds is 2. The van der Waals surface area contributed by atoms with E-state index in [1.165, 1.54) is 18.9 Å². The summed E-state index contributed by atoms with van der Waals surface area (Å²) in [6.45, 7) is 2.27. The van der Waals surface area contributed by atoms with Gasteiger partial charge in [0.15, 0.2) is 0 Å². The van der Waals surface area contributed by atoms with Crippen LogP contribution in [-0.2, 0) is 6.42 Å². The van der Waals surface area contributed by atoms with Gasteiger partial charge in [-0.05, 0) is 55.7 Å². The molecule has 0 radical (unpaired) electrons. The Kier molecular flexibility index (Phi) is 3.74. The first-order chi connectivity index (χ1) is 7.98. The second kappa shape index (κ2) is 4.95. The summed E-state index contributed by atoms with van der Waals surface area (Å²) in [6.07, 6.45) is 5.25. The molecule has 0 atom stereocenters. The van der Waals surface area contributed by atoms with Crippen molar-refractivity contribution in [3.05, 3.63) is 34.6 Å². The van der Waals surface area contributed by atoms with E-state index in [-0.39, 0.29) is 16.4 Å². The lowest BCUT2D eigenvalue weighted by Crippen LogP contribution is -2.45. The van der Waals surface area contributed by atoms with Gasteiger partial charge in [-0.3, -0.25) is 0 Å². The van der Waals surface area contributed by atoms with Crippen molar-refractivity contribution in [2.75, 3.05) is 0 Å². The second-order valence-corrected chi connectivity index (χ2v) is 5.88. The molecule has 2 rings (SSSR count). The Morgan fingerprint density at radius 2 is 2.06 bits per heavy atom. The average molecular weight is 256 g/mol. The van der Waals surface area contributed by atoms with Gasteiger partial charge in [-0.2, -0.15) is 0 Å². The van der Waals surface area contributed by atoms with E-state index in [2.05, 4.69) is 6.92 Å². The van der Waals surface area contributed by atoms with E-state index in [9.17, 15) is 4.39 Å². The summed E-state index contributed by atoms with van der Waals surface area (Å²) in [5.74, 6) is 0.419. The third kappa shape index (κ3) is 3.20. The highest BCUT2D eigenvalue weighted by atomic mass is 35.5. The fourth-order valence-corrected chi connectivity index (χ4v) is 2.77. The summed E-state index contributed by atoms with van der Waals surface area (Å²) in [4.78, 5) is 0. The molecule has 1 saturated carbocycles. The highest BCUT2D eigenvalue weighted by Crippen LogP contribution is 2.33. The molecule has 1 nitrogen and oxygen atoms in total. The van der Waals surface area contributed by atoms with Gasteiger partial charge in [0.25, 0.3) is 0 Å².